The summed E-state index contributed by atoms with van der Waals surface area (Å²) in [6, 6.07) is 6.24. The van der Waals surface area contributed by atoms with Crippen LogP contribution >= 0.6 is 0 Å². The molecule has 19 heavy (non-hydrogen) atoms. The molecule has 2 N–H and O–H groups in total. The second-order valence-corrected chi connectivity index (χ2v) is 5.70. The third-order valence-corrected chi connectivity index (χ3v) is 4.07. The molecule has 0 radical (unpaired) electrons. The molecule has 2 rings (SSSR count). The molecule has 106 valence electrons. The van der Waals surface area contributed by atoms with Gasteiger partial charge in [0.25, 0.3) is 0 Å². The molecule has 0 saturated heterocycles. The summed E-state index contributed by atoms with van der Waals surface area (Å²) in [5.74, 6) is 1.85. The minimum Gasteiger partial charge on any atom is -0.496 e. The van der Waals surface area contributed by atoms with Crippen LogP contribution < -0.4 is 10.5 Å². The molecule has 1 aliphatic carbocycles. The molecule has 0 unspecified atom stereocenters. The van der Waals surface area contributed by atoms with Crippen molar-refractivity contribution in [3.05, 3.63) is 29.3 Å². The summed E-state index contributed by atoms with van der Waals surface area (Å²) in [6.45, 7) is 2.72. The number of nitrogens with zero attached hydrogens (tertiary/aromatic N) is 1. The predicted molar refractivity (Wildman–Crippen MR) is 79.2 cm³/mol. The Morgan fingerprint density at radius 1 is 1.32 bits per heavy atom. The Balaban J connectivity index is 1.99. The van der Waals surface area contributed by atoms with Crippen LogP contribution in [0.25, 0.3) is 0 Å². The number of benzene rings is 1. The summed E-state index contributed by atoms with van der Waals surface area (Å²) >= 11 is 0. The van der Waals surface area contributed by atoms with Gasteiger partial charge in [0.2, 0.25) is 0 Å². The van der Waals surface area contributed by atoms with E-state index in [4.69, 9.17) is 10.5 Å². The molecule has 0 bridgehead atoms. The molecule has 1 aliphatic rings. The number of hydrogen-bond donors (Lipinski definition) is 1. The molecule has 0 heterocycles. The van der Waals surface area contributed by atoms with Crippen LogP contribution in [0.2, 0.25) is 0 Å². The van der Waals surface area contributed by atoms with E-state index in [2.05, 4.69) is 18.0 Å². The highest BCUT2D eigenvalue weighted by Crippen LogP contribution is 2.27. The van der Waals surface area contributed by atoms with Gasteiger partial charge in [-0.1, -0.05) is 18.9 Å². The monoisotopic (exact) mass is 262 g/mol. The number of hydrogen-bond acceptors (Lipinski definition) is 3. The SMILES string of the molecule is COc1ccc(CN)cc1CN(C)CC1CCCC1. The lowest BCUT2D eigenvalue weighted by Gasteiger charge is -2.22. The second-order valence-electron chi connectivity index (χ2n) is 5.70. The van der Waals surface area contributed by atoms with Crippen LogP contribution in [-0.4, -0.2) is 25.6 Å². The van der Waals surface area contributed by atoms with Gasteiger partial charge in [-0.05, 0) is 43.5 Å². The van der Waals surface area contributed by atoms with E-state index in [1.165, 1.54) is 43.4 Å². The third-order valence-electron chi connectivity index (χ3n) is 4.07. The Kier molecular flexibility index (Phi) is 5.23. The lowest BCUT2D eigenvalue weighted by molar-refractivity contribution is 0.267. The molecule has 0 spiro atoms. The fourth-order valence-electron chi connectivity index (χ4n) is 3.07. The van der Waals surface area contributed by atoms with Gasteiger partial charge < -0.3 is 15.4 Å². The van der Waals surface area contributed by atoms with E-state index in [0.717, 1.165) is 18.2 Å². The topological polar surface area (TPSA) is 38.5 Å². The van der Waals surface area contributed by atoms with E-state index >= 15 is 0 Å². The number of nitrogens with two attached hydrogens (primary N) is 1. The van der Waals surface area contributed by atoms with Crippen molar-refractivity contribution in [3.63, 3.8) is 0 Å². The lowest BCUT2D eigenvalue weighted by Crippen LogP contribution is -2.24. The summed E-state index contributed by atoms with van der Waals surface area (Å²) in [6.07, 6.45) is 5.60. The molecule has 1 fully saturated rings. The van der Waals surface area contributed by atoms with Gasteiger partial charge >= 0.3 is 0 Å². The van der Waals surface area contributed by atoms with Gasteiger partial charge in [0, 0.05) is 25.2 Å². The summed E-state index contributed by atoms with van der Waals surface area (Å²) < 4.78 is 5.45. The van der Waals surface area contributed by atoms with Gasteiger partial charge in [0.15, 0.2) is 0 Å². The van der Waals surface area contributed by atoms with E-state index in [9.17, 15) is 0 Å². The van der Waals surface area contributed by atoms with Crippen LogP contribution in [0.3, 0.4) is 0 Å². The van der Waals surface area contributed by atoms with Crippen molar-refractivity contribution in [2.75, 3.05) is 20.7 Å². The van der Waals surface area contributed by atoms with Gasteiger partial charge in [-0.15, -0.1) is 0 Å². The fraction of sp³-hybridized carbons (Fsp3) is 0.625. The minimum atomic E-state index is 0.587. The Bertz CT molecular complexity index is 400. The molecule has 3 heteroatoms. The van der Waals surface area contributed by atoms with Crippen molar-refractivity contribution in [1.29, 1.82) is 0 Å². The Morgan fingerprint density at radius 2 is 2.05 bits per heavy atom. The number of rotatable bonds is 6. The van der Waals surface area contributed by atoms with Crippen molar-refractivity contribution >= 4 is 0 Å². The highest BCUT2D eigenvalue weighted by Gasteiger charge is 2.17. The summed E-state index contributed by atoms with van der Waals surface area (Å²) in [7, 11) is 3.94. The molecule has 3 nitrogen and oxygen atoms in total. The molecule has 1 aromatic rings. The maximum atomic E-state index is 5.72. The van der Waals surface area contributed by atoms with Crippen LogP contribution in [0.15, 0.2) is 18.2 Å². The molecule has 1 aromatic carbocycles. The predicted octanol–water partition coefficient (Wildman–Crippen LogP) is 2.78. The van der Waals surface area contributed by atoms with E-state index in [-0.39, 0.29) is 0 Å². The zero-order chi connectivity index (χ0) is 13.7. The first-order chi connectivity index (χ1) is 9.22. The largest absolute Gasteiger partial charge is 0.496 e. The average Bonchev–Trinajstić information content (AvgIpc) is 2.91. The standard InChI is InChI=1S/C16H26N2O/c1-18(11-13-5-3-4-6-13)12-15-9-14(10-17)7-8-16(15)19-2/h7-9,13H,3-6,10-12,17H2,1-2H3. The first kappa shape index (κ1) is 14.4. The smallest absolute Gasteiger partial charge is 0.123 e. The van der Waals surface area contributed by atoms with Crippen LogP contribution in [-0.2, 0) is 13.1 Å². The molecular weight excluding hydrogens is 236 g/mol. The Hall–Kier alpha value is -1.06. The van der Waals surface area contributed by atoms with Gasteiger partial charge in [-0.25, -0.2) is 0 Å². The van der Waals surface area contributed by atoms with Crippen molar-refractivity contribution < 1.29 is 4.74 Å². The Labute approximate surface area is 116 Å². The van der Waals surface area contributed by atoms with Crippen LogP contribution in [0.1, 0.15) is 36.8 Å². The van der Waals surface area contributed by atoms with E-state index < -0.39 is 0 Å². The highest BCUT2D eigenvalue weighted by molar-refractivity contribution is 5.37. The van der Waals surface area contributed by atoms with E-state index in [1.54, 1.807) is 7.11 Å². The normalized spacial score (nSPS) is 16.2. The third kappa shape index (κ3) is 3.95. The first-order valence-electron chi connectivity index (χ1n) is 7.27. The lowest BCUT2D eigenvalue weighted by atomic mass is 10.1. The van der Waals surface area contributed by atoms with Crippen molar-refractivity contribution in [2.24, 2.45) is 11.7 Å². The second kappa shape index (κ2) is 6.92. The average molecular weight is 262 g/mol. The Morgan fingerprint density at radius 3 is 2.68 bits per heavy atom. The van der Waals surface area contributed by atoms with Gasteiger partial charge in [-0.2, -0.15) is 0 Å². The molecule has 0 aliphatic heterocycles. The van der Waals surface area contributed by atoms with Crippen molar-refractivity contribution in [2.45, 2.75) is 38.8 Å². The maximum Gasteiger partial charge on any atom is 0.123 e. The van der Waals surface area contributed by atoms with Gasteiger partial charge in [0.05, 0.1) is 7.11 Å². The molecule has 0 aromatic heterocycles. The van der Waals surface area contributed by atoms with Crippen LogP contribution in [0.4, 0.5) is 0 Å². The van der Waals surface area contributed by atoms with Crippen LogP contribution in [0.5, 0.6) is 5.75 Å². The van der Waals surface area contributed by atoms with E-state index in [1.807, 2.05) is 12.1 Å². The molecule has 0 atom stereocenters. The summed E-state index contributed by atoms with van der Waals surface area (Å²) in [4.78, 5) is 2.41. The fourth-order valence-corrected chi connectivity index (χ4v) is 3.07. The number of ether oxygens (including phenoxy) is 1. The maximum absolute atomic E-state index is 5.72. The quantitative estimate of drug-likeness (QED) is 0.856. The molecular formula is C16H26N2O. The summed E-state index contributed by atoms with van der Waals surface area (Å²) in [5, 5.41) is 0. The number of methoxy groups -OCH3 is 1. The minimum absolute atomic E-state index is 0.587. The van der Waals surface area contributed by atoms with Crippen molar-refractivity contribution in [3.8, 4) is 5.75 Å². The van der Waals surface area contributed by atoms with Gasteiger partial charge in [0.1, 0.15) is 5.75 Å². The zero-order valence-electron chi connectivity index (χ0n) is 12.2. The van der Waals surface area contributed by atoms with Crippen molar-refractivity contribution in [1.82, 2.24) is 4.90 Å². The molecule has 1 saturated carbocycles. The molecule has 0 amide bonds. The summed E-state index contributed by atoms with van der Waals surface area (Å²) in [5.41, 5.74) is 8.13. The zero-order valence-corrected chi connectivity index (χ0v) is 12.2. The van der Waals surface area contributed by atoms with Gasteiger partial charge in [-0.3, -0.25) is 0 Å². The first-order valence-corrected chi connectivity index (χ1v) is 7.27. The van der Waals surface area contributed by atoms with Crippen LogP contribution in [0, 0.1) is 5.92 Å². The highest BCUT2D eigenvalue weighted by atomic mass is 16.5. The van der Waals surface area contributed by atoms with E-state index in [0.29, 0.717) is 6.54 Å².